The summed E-state index contributed by atoms with van der Waals surface area (Å²) in [6.45, 7) is 2.28. The van der Waals surface area contributed by atoms with Crippen LogP contribution in [0.1, 0.15) is 120 Å². The van der Waals surface area contributed by atoms with E-state index in [0.717, 1.165) is 37.5 Å². The van der Waals surface area contributed by atoms with Crippen molar-refractivity contribution in [2.45, 2.75) is 109 Å². The van der Waals surface area contributed by atoms with E-state index in [2.05, 4.69) is 19.1 Å². The van der Waals surface area contributed by atoms with E-state index in [1.54, 1.807) is 6.07 Å². The lowest BCUT2D eigenvalue weighted by Crippen LogP contribution is -2.15. The highest BCUT2D eigenvalue weighted by molar-refractivity contribution is 5.36. The fourth-order valence-electron chi connectivity index (χ4n) is 5.78. The molecule has 0 atom stereocenters. The number of hydrogen-bond donors (Lipinski definition) is 0. The maximum absolute atomic E-state index is 14.0. The molecule has 0 bridgehead atoms. The molecule has 3 heteroatoms. The van der Waals surface area contributed by atoms with Crippen molar-refractivity contribution < 1.29 is 8.78 Å². The van der Waals surface area contributed by atoms with Crippen molar-refractivity contribution in [1.82, 2.24) is 0 Å². The average molecular weight is 442 g/mol. The fourth-order valence-corrected chi connectivity index (χ4v) is 5.78. The molecule has 0 aliphatic heterocycles. The highest BCUT2D eigenvalue weighted by Gasteiger charge is 2.24. The van der Waals surface area contributed by atoms with E-state index in [-0.39, 0.29) is 5.92 Å². The predicted octanol–water partition coefficient (Wildman–Crippen LogP) is 9.22. The molecule has 0 amide bonds. The molecule has 0 N–H and O–H groups in total. The van der Waals surface area contributed by atoms with E-state index >= 15 is 0 Å². The van der Waals surface area contributed by atoms with Gasteiger partial charge in [0.25, 0.3) is 0 Å². The lowest BCUT2D eigenvalue weighted by molar-refractivity contribution is 0.287. The van der Waals surface area contributed by atoms with Crippen LogP contribution in [0.25, 0.3) is 0 Å². The monoisotopic (exact) mass is 441 g/mol. The van der Waals surface area contributed by atoms with E-state index in [1.165, 1.54) is 82.8 Å². The summed E-state index contributed by atoms with van der Waals surface area (Å²) in [5.74, 6) is 1.05. The largest absolute Gasteiger partial charge is 0.205 e. The predicted molar refractivity (Wildman–Crippen MR) is 128 cm³/mol. The van der Waals surface area contributed by atoms with Crippen LogP contribution in [0, 0.1) is 40.7 Å². The molecule has 3 rings (SSSR count). The molecule has 0 heterocycles. The quantitative estimate of drug-likeness (QED) is 0.262. The van der Waals surface area contributed by atoms with Gasteiger partial charge in [-0.1, -0.05) is 64.0 Å². The van der Waals surface area contributed by atoms with Crippen LogP contribution in [-0.4, -0.2) is 0 Å². The van der Waals surface area contributed by atoms with Crippen molar-refractivity contribution in [3.8, 4) is 6.07 Å². The van der Waals surface area contributed by atoms with Crippen LogP contribution < -0.4 is 0 Å². The maximum Gasteiger partial charge on any atom is 0.144 e. The van der Waals surface area contributed by atoms with Gasteiger partial charge in [0.05, 0.1) is 0 Å². The minimum Gasteiger partial charge on any atom is -0.205 e. The molecule has 1 aromatic carbocycles. The van der Waals surface area contributed by atoms with Crippen molar-refractivity contribution in [3.63, 3.8) is 0 Å². The van der Waals surface area contributed by atoms with E-state index in [1.807, 2.05) is 0 Å². The molecule has 1 nitrogen and oxygen atoms in total. The number of benzene rings is 1. The summed E-state index contributed by atoms with van der Waals surface area (Å²) in [5, 5.41) is 8.85. The third kappa shape index (κ3) is 7.43. The molecule has 176 valence electrons. The van der Waals surface area contributed by atoms with Gasteiger partial charge < -0.3 is 0 Å². The molecule has 0 spiro atoms. The van der Waals surface area contributed by atoms with Crippen molar-refractivity contribution in [2.75, 3.05) is 0 Å². The van der Waals surface area contributed by atoms with E-state index in [0.29, 0.717) is 11.5 Å². The first kappa shape index (κ1) is 24.9. The van der Waals surface area contributed by atoms with Crippen LogP contribution in [0.4, 0.5) is 8.78 Å². The molecule has 0 aromatic heterocycles. The SMILES string of the molecule is CCCCCCCC[C@H]1CC[C@H](/C=C/C2CCC(c3cc(F)c(C#N)c(F)c3)CC2)CC1. The van der Waals surface area contributed by atoms with E-state index < -0.39 is 17.2 Å². The van der Waals surface area contributed by atoms with Gasteiger partial charge in [-0.2, -0.15) is 5.26 Å². The highest BCUT2D eigenvalue weighted by Crippen LogP contribution is 2.38. The Morgan fingerprint density at radius 2 is 1.34 bits per heavy atom. The summed E-state index contributed by atoms with van der Waals surface area (Å²) in [6.07, 6.45) is 24.3. The summed E-state index contributed by atoms with van der Waals surface area (Å²) in [4.78, 5) is 0. The Kier molecular flexibility index (Phi) is 10.2. The molecule has 2 saturated carbocycles. The molecular weight excluding hydrogens is 400 g/mol. The van der Waals surface area contributed by atoms with Crippen LogP contribution in [0.3, 0.4) is 0 Å². The Balaban J connectivity index is 1.35. The van der Waals surface area contributed by atoms with Gasteiger partial charge in [-0.15, -0.1) is 0 Å². The highest BCUT2D eigenvalue weighted by atomic mass is 19.1. The van der Waals surface area contributed by atoms with E-state index in [4.69, 9.17) is 5.26 Å². The van der Waals surface area contributed by atoms with Gasteiger partial charge in [0.2, 0.25) is 0 Å². The van der Waals surface area contributed by atoms with Crippen LogP contribution in [0.15, 0.2) is 24.3 Å². The van der Waals surface area contributed by atoms with E-state index in [9.17, 15) is 8.78 Å². The number of nitriles is 1. The number of halogens is 2. The molecule has 32 heavy (non-hydrogen) atoms. The van der Waals surface area contributed by atoms with Crippen molar-refractivity contribution in [1.29, 1.82) is 5.26 Å². The summed E-state index contributed by atoms with van der Waals surface area (Å²) in [6, 6.07) is 4.35. The maximum atomic E-state index is 14.0. The van der Waals surface area contributed by atoms with Gasteiger partial charge in [0, 0.05) is 0 Å². The number of rotatable bonds is 10. The van der Waals surface area contributed by atoms with Gasteiger partial charge >= 0.3 is 0 Å². The zero-order valence-corrected chi connectivity index (χ0v) is 19.9. The van der Waals surface area contributed by atoms with Crippen molar-refractivity contribution in [2.24, 2.45) is 17.8 Å². The second-order valence-electron chi connectivity index (χ2n) is 10.3. The number of nitrogens with zero attached hydrogens (tertiary/aromatic N) is 1. The topological polar surface area (TPSA) is 23.8 Å². The minimum atomic E-state index is -0.725. The zero-order valence-electron chi connectivity index (χ0n) is 19.9. The van der Waals surface area contributed by atoms with Crippen LogP contribution in [0.2, 0.25) is 0 Å². The first-order valence-electron chi connectivity index (χ1n) is 13.2. The second kappa shape index (κ2) is 13.1. The first-order chi connectivity index (χ1) is 15.6. The summed E-state index contributed by atoms with van der Waals surface area (Å²) in [5.41, 5.74) is 0.247. The molecule has 0 radical (unpaired) electrons. The third-order valence-electron chi connectivity index (χ3n) is 7.93. The Bertz CT molecular complexity index is 739. The van der Waals surface area contributed by atoms with Crippen molar-refractivity contribution >= 4 is 0 Å². The van der Waals surface area contributed by atoms with Gasteiger partial charge in [-0.05, 0) is 92.7 Å². The molecule has 2 aliphatic rings. The number of allylic oxidation sites excluding steroid dienone is 2. The Labute approximate surface area is 194 Å². The lowest BCUT2D eigenvalue weighted by atomic mass is 9.76. The molecule has 0 unspecified atom stereocenters. The Morgan fingerprint density at radius 3 is 1.91 bits per heavy atom. The van der Waals surface area contributed by atoms with Crippen LogP contribution in [0.5, 0.6) is 0 Å². The lowest BCUT2D eigenvalue weighted by Gasteiger charge is -2.29. The summed E-state index contributed by atoms with van der Waals surface area (Å²) in [7, 11) is 0. The van der Waals surface area contributed by atoms with Crippen molar-refractivity contribution in [3.05, 3.63) is 47.0 Å². The van der Waals surface area contributed by atoms with Gasteiger partial charge in [0.15, 0.2) is 0 Å². The molecule has 1 aromatic rings. The normalized spacial score (nSPS) is 26.3. The number of hydrogen-bond acceptors (Lipinski definition) is 1. The van der Waals surface area contributed by atoms with Crippen LogP contribution in [-0.2, 0) is 0 Å². The molecular formula is C29H41F2N. The average Bonchev–Trinajstić information content (AvgIpc) is 2.81. The van der Waals surface area contributed by atoms with Gasteiger partial charge in [-0.25, -0.2) is 8.78 Å². The standard InChI is InChI=1S/C29H41F2N/c1-2-3-4-5-6-7-8-22-9-11-23(12-10-22)13-14-24-15-17-25(18-16-24)26-19-28(30)27(21-32)29(31)20-26/h13-14,19-20,22-25H,2-12,15-18H2,1H3/b14-13+/t22-,23-,24?,25?. The van der Waals surface area contributed by atoms with Crippen LogP contribution >= 0.6 is 0 Å². The Morgan fingerprint density at radius 1 is 0.812 bits per heavy atom. The fraction of sp³-hybridized carbons (Fsp3) is 0.690. The Hall–Kier alpha value is -1.69. The summed E-state index contributed by atoms with van der Waals surface area (Å²) < 4.78 is 27.9. The number of unbranched alkanes of at least 4 members (excludes halogenated alkanes) is 5. The summed E-state index contributed by atoms with van der Waals surface area (Å²) >= 11 is 0. The third-order valence-corrected chi connectivity index (χ3v) is 7.93. The first-order valence-corrected chi connectivity index (χ1v) is 13.2. The smallest absolute Gasteiger partial charge is 0.144 e. The second-order valence-corrected chi connectivity index (χ2v) is 10.3. The van der Waals surface area contributed by atoms with Gasteiger partial charge in [0.1, 0.15) is 23.3 Å². The molecule has 2 aliphatic carbocycles. The zero-order chi connectivity index (χ0) is 22.8. The molecule has 2 fully saturated rings. The molecule has 0 saturated heterocycles. The minimum absolute atomic E-state index is 0.203. The van der Waals surface area contributed by atoms with Gasteiger partial charge in [-0.3, -0.25) is 0 Å².